The van der Waals surface area contributed by atoms with E-state index in [1.165, 1.54) is 4.90 Å². The first-order valence-corrected chi connectivity index (χ1v) is 5.38. The average Bonchev–Trinajstić information content (AvgIpc) is 2.72. The van der Waals surface area contributed by atoms with Crippen LogP contribution in [0.1, 0.15) is 6.42 Å². The molecule has 6 nitrogen and oxygen atoms in total. The van der Waals surface area contributed by atoms with Crippen LogP contribution in [-0.4, -0.2) is 44.2 Å². The number of imidazole rings is 1. The molecule has 0 saturated heterocycles. The van der Waals surface area contributed by atoms with Gasteiger partial charge in [0.25, 0.3) is 0 Å². The molecule has 0 bridgehead atoms. The van der Waals surface area contributed by atoms with E-state index in [0.29, 0.717) is 6.54 Å². The standard InChI is InChI=1S/C11H14N4O2/c1-14(11(16)17)6-3-7-15-8-13-10-9(15)4-2-5-12-10/h2,4-5,8H,3,6-7H2,1H3,(H,16,17). The van der Waals surface area contributed by atoms with Gasteiger partial charge in [0, 0.05) is 26.3 Å². The second-order valence-corrected chi connectivity index (χ2v) is 3.84. The van der Waals surface area contributed by atoms with Crippen molar-refractivity contribution in [3.05, 3.63) is 24.7 Å². The van der Waals surface area contributed by atoms with Gasteiger partial charge >= 0.3 is 6.09 Å². The fraction of sp³-hybridized carbons (Fsp3) is 0.364. The van der Waals surface area contributed by atoms with Crippen LogP contribution in [0.25, 0.3) is 11.2 Å². The van der Waals surface area contributed by atoms with Crippen LogP contribution in [0.5, 0.6) is 0 Å². The fourth-order valence-electron chi connectivity index (χ4n) is 1.65. The second kappa shape index (κ2) is 4.82. The minimum atomic E-state index is -0.901. The third-order valence-electron chi connectivity index (χ3n) is 2.61. The van der Waals surface area contributed by atoms with E-state index in [2.05, 4.69) is 9.97 Å². The molecule has 0 aliphatic rings. The number of amides is 1. The number of hydrogen-bond donors (Lipinski definition) is 1. The lowest BCUT2D eigenvalue weighted by atomic mass is 10.3. The van der Waals surface area contributed by atoms with Crippen LogP contribution in [0.4, 0.5) is 4.79 Å². The van der Waals surface area contributed by atoms with Crippen LogP contribution >= 0.6 is 0 Å². The number of carboxylic acid groups (broad SMARTS) is 1. The molecule has 2 aromatic heterocycles. The molecule has 1 N–H and O–H groups in total. The van der Waals surface area contributed by atoms with Crippen molar-refractivity contribution in [2.24, 2.45) is 0 Å². The molecule has 90 valence electrons. The summed E-state index contributed by atoms with van der Waals surface area (Å²) < 4.78 is 1.98. The summed E-state index contributed by atoms with van der Waals surface area (Å²) in [5, 5.41) is 8.71. The first-order chi connectivity index (χ1) is 8.18. The Hall–Kier alpha value is -2.11. The highest BCUT2D eigenvalue weighted by Crippen LogP contribution is 2.09. The number of carbonyl (C=O) groups is 1. The molecule has 0 saturated carbocycles. The largest absolute Gasteiger partial charge is 0.465 e. The summed E-state index contributed by atoms with van der Waals surface area (Å²) in [5.74, 6) is 0. The number of fused-ring (bicyclic) bond motifs is 1. The summed E-state index contributed by atoms with van der Waals surface area (Å²) in [6.45, 7) is 1.25. The zero-order chi connectivity index (χ0) is 12.3. The van der Waals surface area contributed by atoms with E-state index in [1.807, 2.05) is 16.7 Å². The maximum atomic E-state index is 10.6. The molecule has 0 spiro atoms. The van der Waals surface area contributed by atoms with E-state index in [-0.39, 0.29) is 0 Å². The Balaban J connectivity index is 1.98. The Labute approximate surface area is 98.5 Å². The normalized spacial score (nSPS) is 10.6. The number of pyridine rings is 1. The molecular formula is C11H14N4O2. The Morgan fingerprint density at radius 2 is 2.35 bits per heavy atom. The van der Waals surface area contributed by atoms with Crippen LogP contribution in [0, 0.1) is 0 Å². The molecule has 17 heavy (non-hydrogen) atoms. The third kappa shape index (κ3) is 2.52. The molecule has 0 aromatic carbocycles. The van der Waals surface area contributed by atoms with Gasteiger partial charge < -0.3 is 14.6 Å². The SMILES string of the molecule is CN(CCCn1cnc2ncccc21)C(=O)O. The van der Waals surface area contributed by atoms with Gasteiger partial charge in [-0.3, -0.25) is 0 Å². The molecule has 0 aliphatic heterocycles. The lowest BCUT2D eigenvalue weighted by Gasteiger charge is -2.12. The van der Waals surface area contributed by atoms with Crippen LogP contribution < -0.4 is 0 Å². The Morgan fingerprint density at radius 3 is 3.12 bits per heavy atom. The maximum Gasteiger partial charge on any atom is 0.407 e. The molecule has 2 rings (SSSR count). The Bertz CT molecular complexity index is 523. The van der Waals surface area contributed by atoms with E-state index >= 15 is 0 Å². The number of hydrogen-bond acceptors (Lipinski definition) is 3. The average molecular weight is 234 g/mol. The van der Waals surface area contributed by atoms with Crippen molar-refractivity contribution in [2.45, 2.75) is 13.0 Å². The highest BCUT2D eigenvalue weighted by atomic mass is 16.4. The highest BCUT2D eigenvalue weighted by Gasteiger charge is 2.06. The maximum absolute atomic E-state index is 10.6. The molecule has 0 unspecified atom stereocenters. The molecule has 0 radical (unpaired) electrons. The summed E-state index contributed by atoms with van der Waals surface area (Å²) in [4.78, 5) is 20.2. The van der Waals surface area contributed by atoms with Gasteiger partial charge in [-0.15, -0.1) is 0 Å². The lowest BCUT2D eigenvalue weighted by Crippen LogP contribution is -2.26. The van der Waals surface area contributed by atoms with E-state index in [1.54, 1.807) is 19.6 Å². The van der Waals surface area contributed by atoms with Crippen molar-refractivity contribution in [1.82, 2.24) is 19.4 Å². The molecule has 0 atom stereocenters. The zero-order valence-corrected chi connectivity index (χ0v) is 9.58. The van der Waals surface area contributed by atoms with Gasteiger partial charge in [0.15, 0.2) is 5.65 Å². The number of nitrogens with zero attached hydrogens (tertiary/aromatic N) is 4. The molecular weight excluding hydrogens is 220 g/mol. The third-order valence-corrected chi connectivity index (χ3v) is 2.61. The lowest BCUT2D eigenvalue weighted by molar-refractivity contribution is 0.155. The monoisotopic (exact) mass is 234 g/mol. The van der Waals surface area contributed by atoms with Crippen molar-refractivity contribution in [3.8, 4) is 0 Å². The Morgan fingerprint density at radius 1 is 1.53 bits per heavy atom. The molecule has 6 heteroatoms. The first kappa shape index (κ1) is 11.4. The fourth-order valence-corrected chi connectivity index (χ4v) is 1.65. The smallest absolute Gasteiger partial charge is 0.407 e. The zero-order valence-electron chi connectivity index (χ0n) is 9.58. The van der Waals surface area contributed by atoms with Crippen molar-refractivity contribution in [3.63, 3.8) is 0 Å². The number of rotatable bonds is 4. The van der Waals surface area contributed by atoms with Gasteiger partial charge in [-0.2, -0.15) is 0 Å². The second-order valence-electron chi connectivity index (χ2n) is 3.84. The van der Waals surface area contributed by atoms with Crippen LogP contribution in [0.2, 0.25) is 0 Å². The van der Waals surface area contributed by atoms with Gasteiger partial charge in [-0.05, 0) is 18.6 Å². The van der Waals surface area contributed by atoms with Gasteiger partial charge in [-0.25, -0.2) is 14.8 Å². The topological polar surface area (TPSA) is 71.2 Å². The molecule has 2 heterocycles. The predicted octanol–water partition coefficient (Wildman–Crippen LogP) is 1.43. The minimum Gasteiger partial charge on any atom is -0.465 e. The van der Waals surface area contributed by atoms with E-state index in [4.69, 9.17) is 5.11 Å². The van der Waals surface area contributed by atoms with Crippen molar-refractivity contribution in [2.75, 3.05) is 13.6 Å². The van der Waals surface area contributed by atoms with E-state index in [9.17, 15) is 4.79 Å². The first-order valence-electron chi connectivity index (χ1n) is 5.38. The minimum absolute atomic E-state index is 0.509. The molecule has 0 aliphatic carbocycles. The van der Waals surface area contributed by atoms with Crippen LogP contribution in [-0.2, 0) is 6.54 Å². The summed E-state index contributed by atoms with van der Waals surface area (Å²) in [7, 11) is 1.57. The van der Waals surface area contributed by atoms with Crippen molar-refractivity contribution in [1.29, 1.82) is 0 Å². The quantitative estimate of drug-likeness (QED) is 0.868. The predicted molar refractivity (Wildman–Crippen MR) is 62.8 cm³/mol. The number of aromatic nitrogens is 3. The summed E-state index contributed by atoms with van der Waals surface area (Å²) in [5.41, 5.74) is 1.70. The summed E-state index contributed by atoms with van der Waals surface area (Å²) in [6.07, 6.45) is 3.29. The van der Waals surface area contributed by atoms with Crippen molar-refractivity contribution >= 4 is 17.3 Å². The molecule has 2 aromatic rings. The van der Waals surface area contributed by atoms with Crippen LogP contribution in [0.3, 0.4) is 0 Å². The van der Waals surface area contributed by atoms with Gasteiger partial charge in [0.2, 0.25) is 0 Å². The Kier molecular flexibility index (Phi) is 3.22. The highest BCUT2D eigenvalue weighted by molar-refractivity contribution is 5.70. The van der Waals surface area contributed by atoms with Crippen LogP contribution in [0.15, 0.2) is 24.7 Å². The molecule has 0 fully saturated rings. The molecule has 1 amide bonds. The van der Waals surface area contributed by atoms with Gasteiger partial charge in [0.05, 0.1) is 11.8 Å². The summed E-state index contributed by atoms with van der Waals surface area (Å²) >= 11 is 0. The van der Waals surface area contributed by atoms with Gasteiger partial charge in [0.1, 0.15) is 0 Å². The van der Waals surface area contributed by atoms with E-state index in [0.717, 1.165) is 24.1 Å². The van der Waals surface area contributed by atoms with E-state index < -0.39 is 6.09 Å². The van der Waals surface area contributed by atoms with Crippen molar-refractivity contribution < 1.29 is 9.90 Å². The van der Waals surface area contributed by atoms with Gasteiger partial charge in [-0.1, -0.05) is 0 Å². The number of aryl methyl sites for hydroxylation is 1. The summed E-state index contributed by atoms with van der Waals surface area (Å²) in [6, 6.07) is 3.82.